The zero-order valence-corrected chi connectivity index (χ0v) is 15.0. The average Bonchev–Trinajstić information content (AvgIpc) is 3.26. The van der Waals surface area contributed by atoms with Crippen molar-refractivity contribution in [2.45, 2.75) is 6.92 Å². The molecule has 0 saturated carbocycles. The van der Waals surface area contributed by atoms with Gasteiger partial charge in [0.05, 0.1) is 17.6 Å². The van der Waals surface area contributed by atoms with Crippen molar-refractivity contribution in [1.82, 2.24) is 14.5 Å². The van der Waals surface area contributed by atoms with Crippen LogP contribution in [0, 0.1) is 6.92 Å². The second-order valence-corrected chi connectivity index (χ2v) is 6.15. The van der Waals surface area contributed by atoms with Gasteiger partial charge in [0.1, 0.15) is 5.69 Å². The molecular weight excluding hydrogens is 340 g/mol. The van der Waals surface area contributed by atoms with Crippen LogP contribution in [0.4, 0.5) is 5.69 Å². The third-order valence-corrected chi connectivity index (χ3v) is 4.44. The van der Waals surface area contributed by atoms with E-state index in [2.05, 4.69) is 10.1 Å². The summed E-state index contributed by atoms with van der Waals surface area (Å²) in [7, 11) is 1.84. The van der Waals surface area contributed by atoms with E-state index in [4.69, 9.17) is 4.52 Å². The van der Waals surface area contributed by atoms with Crippen molar-refractivity contribution in [3.8, 4) is 17.0 Å². The Morgan fingerprint density at radius 3 is 2.41 bits per heavy atom. The van der Waals surface area contributed by atoms with Crippen LogP contribution >= 0.6 is 0 Å². The number of aliphatic imine (C=N–C) groups is 1. The predicted molar refractivity (Wildman–Crippen MR) is 105 cm³/mol. The fourth-order valence-electron chi connectivity index (χ4n) is 2.92. The minimum Gasteiger partial charge on any atom is -0.356 e. The molecule has 0 aliphatic carbocycles. The predicted octanol–water partition coefficient (Wildman–Crippen LogP) is 3.89. The fraction of sp³-hybridized carbons (Fsp3) is 0.0952. The van der Waals surface area contributed by atoms with Crippen molar-refractivity contribution in [3.63, 3.8) is 0 Å². The lowest BCUT2D eigenvalue weighted by molar-refractivity contribution is 0.431. The molecule has 0 N–H and O–H groups in total. The first-order chi connectivity index (χ1) is 13.1. The van der Waals surface area contributed by atoms with E-state index < -0.39 is 0 Å². The Bertz CT molecular complexity index is 1150. The van der Waals surface area contributed by atoms with Crippen LogP contribution in [0.1, 0.15) is 11.4 Å². The summed E-state index contributed by atoms with van der Waals surface area (Å²) in [6, 6.07) is 21.0. The molecule has 0 atom stereocenters. The molecule has 0 spiro atoms. The molecule has 6 nitrogen and oxygen atoms in total. The molecule has 2 heterocycles. The van der Waals surface area contributed by atoms with E-state index in [-0.39, 0.29) is 5.56 Å². The molecule has 0 aliphatic heterocycles. The van der Waals surface area contributed by atoms with Gasteiger partial charge in [-0.15, -0.1) is 0 Å². The fourth-order valence-corrected chi connectivity index (χ4v) is 2.92. The van der Waals surface area contributed by atoms with E-state index in [1.54, 1.807) is 21.6 Å². The van der Waals surface area contributed by atoms with Gasteiger partial charge in [-0.3, -0.25) is 9.48 Å². The zero-order chi connectivity index (χ0) is 18.8. The van der Waals surface area contributed by atoms with Crippen molar-refractivity contribution in [1.29, 1.82) is 0 Å². The summed E-state index contributed by atoms with van der Waals surface area (Å²) in [5.74, 6) is 0.656. The molecule has 0 unspecified atom stereocenters. The molecule has 0 amide bonds. The molecule has 0 bridgehead atoms. The Balaban J connectivity index is 1.68. The molecule has 134 valence electrons. The number of rotatable bonds is 4. The highest BCUT2D eigenvalue weighted by molar-refractivity contribution is 5.81. The van der Waals surface area contributed by atoms with Crippen molar-refractivity contribution >= 4 is 11.9 Å². The number of hydrogen-bond donors (Lipinski definition) is 0. The molecule has 0 aliphatic rings. The third-order valence-electron chi connectivity index (χ3n) is 4.44. The van der Waals surface area contributed by atoms with Gasteiger partial charge in [0.25, 0.3) is 5.56 Å². The van der Waals surface area contributed by atoms with E-state index in [1.165, 1.54) is 0 Å². The topological polar surface area (TPSA) is 65.3 Å². The number of benzene rings is 2. The van der Waals surface area contributed by atoms with Crippen LogP contribution in [0.15, 0.2) is 81.0 Å². The lowest BCUT2D eigenvalue weighted by atomic mass is 10.2. The van der Waals surface area contributed by atoms with E-state index in [0.29, 0.717) is 17.1 Å². The molecule has 6 heteroatoms. The summed E-state index contributed by atoms with van der Waals surface area (Å²) >= 11 is 0. The molecular formula is C21H18N4O2. The molecule has 4 aromatic rings. The van der Waals surface area contributed by atoms with Crippen LogP contribution in [0.2, 0.25) is 0 Å². The van der Waals surface area contributed by atoms with Crippen LogP contribution < -0.4 is 5.56 Å². The highest BCUT2D eigenvalue weighted by atomic mass is 16.5. The molecule has 4 rings (SSSR count). The third kappa shape index (κ3) is 3.13. The Labute approximate surface area is 156 Å². The van der Waals surface area contributed by atoms with Gasteiger partial charge >= 0.3 is 0 Å². The van der Waals surface area contributed by atoms with Crippen molar-refractivity contribution in [2.75, 3.05) is 0 Å². The number of para-hydroxylation sites is 1. The maximum Gasteiger partial charge on any atom is 0.297 e. The first-order valence-electron chi connectivity index (χ1n) is 8.55. The first-order valence-corrected chi connectivity index (χ1v) is 8.55. The Kier molecular flexibility index (Phi) is 4.30. The van der Waals surface area contributed by atoms with E-state index in [1.807, 2.05) is 74.6 Å². The summed E-state index contributed by atoms with van der Waals surface area (Å²) in [6.07, 6.45) is 1.55. The lowest BCUT2D eigenvalue weighted by Crippen LogP contribution is -2.19. The van der Waals surface area contributed by atoms with Gasteiger partial charge in [0.15, 0.2) is 11.4 Å². The number of hydrogen-bond acceptors (Lipinski definition) is 4. The molecule has 0 radical (unpaired) electrons. The summed E-state index contributed by atoms with van der Waals surface area (Å²) in [4.78, 5) is 17.2. The normalized spacial score (nSPS) is 11.3. The van der Waals surface area contributed by atoms with Gasteiger partial charge in [-0.05, 0) is 19.1 Å². The van der Waals surface area contributed by atoms with E-state index >= 15 is 0 Å². The molecule has 0 fully saturated rings. The van der Waals surface area contributed by atoms with Crippen molar-refractivity contribution < 1.29 is 4.52 Å². The minimum absolute atomic E-state index is 0.177. The summed E-state index contributed by atoms with van der Waals surface area (Å²) in [5, 5.41) is 4.01. The lowest BCUT2D eigenvalue weighted by Gasteiger charge is -2.07. The Morgan fingerprint density at radius 1 is 1.04 bits per heavy atom. The Morgan fingerprint density at radius 2 is 1.70 bits per heavy atom. The minimum atomic E-state index is -0.177. The quantitative estimate of drug-likeness (QED) is 0.520. The summed E-state index contributed by atoms with van der Waals surface area (Å²) in [5.41, 5.74) is 3.26. The molecule has 2 aromatic carbocycles. The van der Waals surface area contributed by atoms with Crippen LogP contribution in [0.5, 0.6) is 0 Å². The van der Waals surface area contributed by atoms with E-state index in [9.17, 15) is 4.79 Å². The summed E-state index contributed by atoms with van der Waals surface area (Å²) < 4.78 is 8.76. The van der Waals surface area contributed by atoms with Crippen LogP contribution in [-0.4, -0.2) is 20.7 Å². The molecule has 2 aromatic heterocycles. The standard InChI is InChI=1S/C21H18N4O2/c1-15-20(21(26)25(24(15)2)18-11-7-4-8-12-18)22-14-17-13-19(27-23-17)16-9-5-3-6-10-16/h3-14H,1-2H3. The number of aromatic nitrogens is 3. The second-order valence-electron chi connectivity index (χ2n) is 6.15. The smallest absolute Gasteiger partial charge is 0.297 e. The van der Waals surface area contributed by atoms with Gasteiger partial charge in [0.2, 0.25) is 0 Å². The average molecular weight is 358 g/mol. The van der Waals surface area contributed by atoms with Crippen LogP contribution in [-0.2, 0) is 7.05 Å². The SMILES string of the molecule is Cc1c(N=Cc2cc(-c3ccccc3)on2)c(=O)n(-c2ccccc2)n1C. The highest BCUT2D eigenvalue weighted by Crippen LogP contribution is 2.20. The molecule has 27 heavy (non-hydrogen) atoms. The van der Waals surface area contributed by atoms with Gasteiger partial charge < -0.3 is 4.52 Å². The van der Waals surface area contributed by atoms with Gasteiger partial charge in [0, 0.05) is 18.7 Å². The monoisotopic (exact) mass is 358 g/mol. The van der Waals surface area contributed by atoms with Gasteiger partial charge in [-0.25, -0.2) is 9.67 Å². The Hall–Kier alpha value is -3.67. The maximum atomic E-state index is 12.8. The van der Waals surface area contributed by atoms with Crippen molar-refractivity contribution in [2.24, 2.45) is 12.0 Å². The largest absolute Gasteiger partial charge is 0.356 e. The first kappa shape index (κ1) is 16.8. The molecule has 0 saturated heterocycles. The van der Waals surface area contributed by atoms with Crippen LogP contribution in [0.3, 0.4) is 0 Å². The van der Waals surface area contributed by atoms with Crippen molar-refractivity contribution in [3.05, 3.63) is 88.5 Å². The van der Waals surface area contributed by atoms with E-state index in [0.717, 1.165) is 16.9 Å². The number of nitrogens with zero attached hydrogens (tertiary/aromatic N) is 4. The van der Waals surface area contributed by atoms with Gasteiger partial charge in [-0.2, -0.15) is 0 Å². The zero-order valence-electron chi connectivity index (χ0n) is 15.0. The second kappa shape index (κ2) is 6.92. The highest BCUT2D eigenvalue weighted by Gasteiger charge is 2.15. The van der Waals surface area contributed by atoms with Crippen LogP contribution in [0.25, 0.3) is 17.0 Å². The maximum absolute atomic E-state index is 12.8. The summed E-state index contributed by atoms with van der Waals surface area (Å²) in [6.45, 7) is 1.87. The van der Waals surface area contributed by atoms with Gasteiger partial charge in [-0.1, -0.05) is 53.7 Å².